The summed E-state index contributed by atoms with van der Waals surface area (Å²) in [7, 11) is -2.49. The van der Waals surface area contributed by atoms with Crippen molar-refractivity contribution in [2.45, 2.75) is 142 Å². The number of ketones is 1. The number of unbranched alkanes of at least 4 members (excludes halogenated alkanes) is 2. The van der Waals surface area contributed by atoms with Crippen LogP contribution in [0.25, 0.3) is 0 Å². The lowest BCUT2D eigenvalue weighted by molar-refractivity contribution is -0.309. The minimum Gasteiger partial charge on any atom is -0.457 e. The fourth-order valence-electron chi connectivity index (χ4n) is 8.39. The SMILES string of the molecule is CC(=O)CCC(=O)O[C@H]1[C@H](OCc2ccccc2)[C@@H](OC(=O)c2ccccc2)[C@H](OCCCCCN(Cc2ccccc2)C(=O)OCc2ccc(COC(=O)c3ccccc3)cc2)O[C@H]1CO[Si](C)(C)C(C)(C)C(C)C. The van der Waals surface area contributed by atoms with Crippen molar-refractivity contribution in [2.24, 2.45) is 5.92 Å². The number of hydrogen-bond acceptors (Lipinski definition) is 13. The lowest BCUT2D eigenvalue weighted by atomic mass is 9.97. The van der Waals surface area contributed by atoms with E-state index in [-0.39, 0.29) is 56.7 Å². The number of ether oxygens (including phenoxy) is 7. The third-order valence-electron chi connectivity index (χ3n) is 14.3. The average Bonchev–Trinajstić information content (AvgIpc) is 3.44. The van der Waals surface area contributed by atoms with Crippen molar-refractivity contribution < 1.29 is 61.6 Å². The van der Waals surface area contributed by atoms with Crippen LogP contribution in [0.1, 0.15) is 110 Å². The van der Waals surface area contributed by atoms with Crippen LogP contribution in [0, 0.1) is 5.92 Å². The van der Waals surface area contributed by atoms with E-state index < -0.39 is 63.0 Å². The zero-order valence-electron chi connectivity index (χ0n) is 45.1. The van der Waals surface area contributed by atoms with Gasteiger partial charge in [-0.1, -0.05) is 149 Å². The van der Waals surface area contributed by atoms with E-state index in [4.69, 9.17) is 37.6 Å². The first-order chi connectivity index (χ1) is 36.5. The number of nitrogens with zero attached hydrogens (tertiary/aromatic N) is 1. The van der Waals surface area contributed by atoms with Gasteiger partial charge in [-0.05, 0) is 96.8 Å². The molecule has 5 atom stereocenters. The van der Waals surface area contributed by atoms with Crippen LogP contribution < -0.4 is 0 Å². The van der Waals surface area contributed by atoms with Crippen LogP contribution >= 0.6 is 0 Å². The van der Waals surface area contributed by atoms with Gasteiger partial charge in [-0.2, -0.15) is 0 Å². The van der Waals surface area contributed by atoms with E-state index in [9.17, 15) is 24.0 Å². The molecule has 1 fully saturated rings. The molecule has 76 heavy (non-hydrogen) atoms. The molecule has 15 heteroatoms. The molecule has 0 bridgehead atoms. The lowest BCUT2D eigenvalue weighted by Gasteiger charge is -2.47. The molecule has 406 valence electrons. The van der Waals surface area contributed by atoms with Crippen molar-refractivity contribution in [3.8, 4) is 0 Å². The van der Waals surface area contributed by atoms with Gasteiger partial charge in [0.1, 0.15) is 31.2 Å². The molecule has 0 unspecified atom stereocenters. The second-order valence-electron chi connectivity index (χ2n) is 20.5. The van der Waals surface area contributed by atoms with E-state index in [2.05, 4.69) is 40.8 Å². The van der Waals surface area contributed by atoms with Gasteiger partial charge in [-0.15, -0.1) is 0 Å². The summed E-state index contributed by atoms with van der Waals surface area (Å²) < 4.78 is 50.7. The summed E-state index contributed by atoms with van der Waals surface area (Å²) in [5.41, 5.74) is 4.14. The normalized spacial score (nSPS) is 17.6. The summed E-state index contributed by atoms with van der Waals surface area (Å²) in [6, 6.07) is 43.9. The van der Waals surface area contributed by atoms with E-state index in [1.165, 1.54) is 6.92 Å². The lowest BCUT2D eigenvalue weighted by Crippen LogP contribution is -2.63. The molecule has 5 aromatic carbocycles. The molecule has 0 saturated carbocycles. The Morgan fingerprint density at radius 2 is 1.13 bits per heavy atom. The third kappa shape index (κ3) is 17.8. The molecule has 14 nitrogen and oxygen atoms in total. The van der Waals surface area contributed by atoms with Gasteiger partial charge in [0.2, 0.25) is 0 Å². The highest BCUT2D eigenvalue weighted by Crippen LogP contribution is 2.45. The molecule has 6 rings (SSSR count). The first-order valence-electron chi connectivity index (χ1n) is 26.3. The van der Waals surface area contributed by atoms with Gasteiger partial charge < -0.3 is 47.3 Å². The summed E-state index contributed by atoms with van der Waals surface area (Å²) >= 11 is 0. The van der Waals surface area contributed by atoms with E-state index in [0.717, 1.165) is 22.3 Å². The van der Waals surface area contributed by atoms with E-state index >= 15 is 0 Å². The van der Waals surface area contributed by atoms with Crippen molar-refractivity contribution in [1.29, 1.82) is 0 Å². The van der Waals surface area contributed by atoms with E-state index in [1.807, 2.05) is 91.0 Å². The van der Waals surface area contributed by atoms with Gasteiger partial charge in [0, 0.05) is 26.1 Å². The van der Waals surface area contributed by atoms with Gasteiger partial charge in [0.15, 0.2) is 26.8 Å². The summed E-state index contributed by atoms with van der Waals surface area (Å²) in [5, 5.41) is -0.161. The first-order valence-corrected chi connectivity index (χ1v) is 29.2. The molecule has 0 N–H and O–H groups in total. The topological polar surface area (TPSA) is 162 Å². The van der Waals surface area contributed by atoms with Crippen LogP contribution in [0.15, 0.2) is 146 Å². The maximum absolute atomic E-state index is 14.0. The molecule has 0 spiro atoms. The summed E-state index contributed by atoms with van der Waals surface area (Å²) in [6.45, 7) is 15.6. The molecule has 0 radical (unpaired) electrons. The highest BCUT2D eigenvalue weighted by atomic mass is 28.4. The molecule has 1 aliphatic rings. The highest BCUT2D eigenvalue weighted by molar-refractivity contribution is 6.74. The number of benzene rings is 5. The monoisotopic (exact) mass is 1060 g/mol. The maximum Gasteiger partial charge on any atom is 0.410 e. The number of hydrogen-bond donors (Lipinski definition) is 0. The third-order valence-corrected chi connectivity index (χ3v) is 18.8. The fourth-order valence-corrected chi connectivity index (χ4v) is 10.7. The van der Waals surface area contributed by atoms with Crippen molar-refractivity contribution in [3.63, 3.8) is 0 Å². The minimum absolute atomic E-state index is 0.0120. The summed E-state index contributed by atoms with van der Waals surface area (Å²) in [4.78, 5) is 67.4. The van der Waals surface area contributed by atoms with Gasteiger partial charge in [0.25, 0.3) is 0 Å². The second kappa shape index (κ2) is 29.1. The van der Waals surface area contributed by atoms with Crippen LogP contribution in [-0.4, -0.2) is 93.5 Å². The number of esters is 3. The molecular weight excluding hydrogens is 983 g/mol. The van der Waals surface area contributed by atoms with Crippen molar-refractivity contribution in [1.82, 2.24) is 4.90 Å². The zero-order valence-corrected chi connectivity index (χ0v) is 46.1. The van der Waals surface area contributed by atoms with Gasteiger partial charge in [-0.3, -0.25) is 4.79 Å². The van der Waals surface area contributed by atoms with Crippen molar-refractivity contribution >= 4 is 38.1 Å². The Balaban J connectivity index is 1.16. The molecular formula is C61H75NO13Si. The number of carbonyl (C=O) groups is 5. The van der Waals surface area contributed by atoms with Crippen LogP contribution in [-0.2, 0) is 73.5 Å². The highest BCUT2D eigenvalue weighted by Gasteiger charge is 2.53. The summed E-state index contributed by atoms with van der Waals surface area (Å²) in [6.07, 6.45) is -4.38. The Hall–Kier alpha value is -6.49. The summed E-state index contributed by atoms with van der Waals surface area (Å²) in [5.74, 6) is -1.55. The quantitative estimate of drug-likeness (QED) is 0.0201. The van der Waals surface area contributed by atoms with E-state index in [1.54, 1.807) is 59.5 Å². The fraction of sp³-hybridized carbons (Fsp3) is 0.426. The zero-order chi connectivity index (χ0) is 54.5. The first kappa shape index (κ1) is 58.8. The maximum atomic E-state index is 14.0. The number of carbonyl (C=O) groups excluding carboxylic acids is 5. The van der Waals surface area contributed by atoms with E-state index in [0.29, 0.717) is 49.4 Å². The Bertz CT molecular complexity index is 2580. The smallest absolute Gasteiger partial charge is 0.410 e. The van der Waals surface area contributed by atoms with Gasteiger partial charge in [0.05, 0.1) is 30.8 Å². The van der Waals surface area contributed by atoms with Crippen molar-refractivity contribution in [3.05, 3.63) is 179 Å². The largest absolute Gasteiger partial charge is 0.457 e. The Morgan fingerprint density at radius 1 is 0.592 bits per heavy atom. The molecule has 0 aromatic heterocycles. The number of rotatable bonds is 28. The minimum atomic E-state index is -2.49. The van der Waals surface area contributed by atoms with Gasteiger partial charge in [-0.25, -0.2) is 14.4 Å². The van der Waals surface area contributed by atoms with Crippen molar-refractivity contribution in [2.75, 3.05) is 19.8 Å². The second-order valence-corrected chi connectivity index (χ2v) is 25.1. The Kier molecular flexibility index (Phi) is 22.5. The van der Waals surface area contributed by atoms with Gasteiger partial charge >= 0.3 is 24.0 Å². The Labute approximate surface area is 449 Å². The molecule has 1 aliphatic heterocycles. The molecule has 0 aliphatic carbocycles. The van der Waals surface area contributed by atoms with Crippen LogP contribution in [0.3, 0.4) is 0 Å². The van der Waals surface area contributed by atoms with Crippen LogP contribution in [0.4, 0.5) is 4.79 Å². The average molecular weight is 1060 g/mol. The molecule has 1 amide bonds. The number of Topliss-reactive ketones (excluding diaryl/α,β-unsaturated/α-hetero) is 1. The standard InChI is InChI=1S/C61H75NO13Si/c1-44(2)61(4,5)76(6,7)72-43-52-54(74-53(64)36-31-45(3)63)55(69-40-47-25-15-9-16-26-47)56(75-58(66)51-29-19-11-20-30-51)59(73-52)68-38-22-12-21-37-62(39-46-23-13-8-14-24-46)60(67)71-42-49-34-32-48(33-35-49)41-70-57(65)50-27-17-10-18-28-50/h8-11,13-20,23-30,32-35,44,52,54-56,59H,12,21-22,31,36-43H2,1-7H3/t52-,54+,55-,56+,59+/m0/s1. The predicted octanol–water partition coefficient (Wildman–Crippen LogP) is 11.8. The molecule has 1 heterocycles. The van der Waals surface area contributed by atoms with Crippen LogP contribution in [0.2, 0.25) is 18.1 Å². The van der Waals surface area contributed by atoms with Crippen LogP contribution in [0.5, 0.6) is 0 Å². The molecule has 1 saturated heterocycles. The number of amides is 1. The Morgan fingerprint density at radius 3 is 1.71 bits per heavy atom. The molecule has 5 aromatic rings. The predicted molar refractivity (Wildman–Crippen MR) is 290 cm³/mol.